The average Bonchev–Trinajstić information content (AvgIpc) is 2.98. The molecule has 0 aliphatic rings. The van der Waals surface area contributed by atoms with Crippen LogP contribution in [0.5, 0.6) is 0 Å². The van der Waals surface area contributed by atoms with Crippen molar-refractivity contribution in [3.8, 4) is 0 Å². The Kier molecular flexibility index (Phi) is 4.62. The van der Waals surface area contributed by atoms with Crippen molar-refractivity contribution in [1.29, 1.82) is 0 Å². The van der Waals surface area contributed by atoms with Crippen LogP contribution >= 0.6 is 11.3 Å². The maximum Gasteiger partial charge on any atom is 0.348 e. The Bertz CT molecular complexity index is 968. The summed E-state index contributed by atoms with van der Waals surface area (Å²) in [5, 5.41) is 3.86. The fourth-order valence-corrected chi connectivity index (χ4v) is 3.53. The van der Waals surface area contributed by atoms with Crippen LogP contribution in [0.3, 0.4) is 0 Å². The number of hydrogen-bond donors (Lipinski definition) is 1. The molecule has 0 aliphatic carbocycles. The summed E-state index contributed by atoms with van der Waals surface area (Å²) in [6.07, 6.45) is 1.41. The number of aromatic nitrogens is 2. The van der Waals surface area contributed by atoms with Crippen LogP contribution in [-0.2, 0) is 9.47 Å². The van der Waals surface area contributed by atoms with Gasteiger partial charge in [-0.1, -0.05) is 12.1 Å². The Hall–Kier alpha value is -3.00. The zero-order valence-electron chi connectivity index (χ0n) is 13.8. The number of carbonyl (C=O) groups is 2. The van der Waals surface area contributed by atoms with Crippen LogP contribution in [0, 0.1) is 6.92 Å². The number of benzene rings is 1. The van der Waals surface area contributed by atoms with Gasteiger partial charge in [-0.3, -0.25) is 0 Å². The third kappa shape index (κ3) is 3.03. The standard InChI is InChI=1S/C17H15N3O4S/c1-9-12-14(18-8-19-15(12)25-13(9)17(22)24-3)20-11-7-5-4-6-10(11)16(21)23-2/h4-8H,1-3H3,(H,18,19,20). The smallest absolute Gasteiger partial charge is 0.348 e. The van der Waals surface area contributed by atoms with Crippen molar-refractivity contribution < 1.29 is 19.1 Å². The average molecular weight is 357 g/mol. The first-order valence-corrected chi connectivity index (χ1v) is 8.15. The fraction of sp³-hybridized carbons (Fsp3) is 0.176. The molecule has 3 aromatic rings. The Balaban J connectivity index is 2.11. The topological polar surface area (TPSA) is 90.4 Å². The Morgan fingerprint density at radius 3 is 2.52 bits per heavy atom. The van der Waals surface area contributed by atoms with Crippen molar-refractivity contribution >= 4 is 45.0 Å². The zero-order chi connectivity index (χ0) is 18.0. The van der Waals surface area contributed by atoms with Crippen molar-refractivity contribution in [2.75, 3.05) is 19.5 Å². The van der Waals surface area contributed by atoms with E-state index in [1.165, 1.54) is 31.9 Å². The van der Waals surface area contributed by atoms with Crippen LogP contribution in [0.1, 0.15) is 25.6 Å². The van der Waals surface area contributed by atoms with Crippen molar-refractivity contribution in [3.05, 3.63) is 46.6 Å². The van der Waals surface area contributed by atoms with Gasteiger partial charge < -0.3 is 14.8 Å². The van der Waals surface area contributed by atoms with E-state index in [0.717, 1.165) is 5.56 Å². The van der Waals surface area contributed by atoms with Gasteiger partial charge in [0.2, 0.25) is 0 Å². The number of anilines is 2. The molecule has 0 radical (unpaired) electrons. The molecule has 8 heteroatoms. The molecule has 2 heterocycles. The highest BCUT2D eigenvalue weighted by molar-refractivity contribution is 7.20. The van der Waals surface area contributed by atoms with E-state index in [9.17, 15) is 9.59 Å². The van der Waals surface area contributed by atoms with Crippen molar-refractivity contribution in [2.45, 2.75) is 6.92 Å². The molecule has 0 aliphatic heterocycles. The van der Waals surface area contributed by atoms with Gasteiger partial charge in [-0.25, -0.2) is 19.6 Å². The lowest BCUT2D eigenvalue weighted by molar-refractivity contribution is 0.0594. The summed E-state index contributed by atoms with van der Waals surface area (Å²) in [5.74, 6) is -0.364. The van der Waals surface area contributed by atoms with Gasteiger partial charge >= 0.3 is 11.9 Å². The fourth-order valence-electron chi connectivity index (χ4n) is 2.46. The monoisotopic (exact) mass is 357 g/mol. The molecule has 0 unspecified atom stereocenters. The summed E-state index contributed by atoms with van der Waals surface area (Å²) in [5.41, 5.74) is 1.67. The Labute approximate surface area is 147 Å². The van der Waals surface area contributed by atoms with E-state index < -0.39 is 11.9 Å². The highest BCUT2D eigenvalue weighted by atomic mass is 32.1. The Morgan fingerprint density at radius 2 is 1.80 bits per heavy atom. The van der Waals surface area contributed by atoms with Crippen LogP contribution in [0.15, 0.2) is 30.6 Å². The zero-order valence-corrected chi connectivity index (χ0v) is 14.6. The highest BCUT2D eigenvalue weighted by Crippen LogP contribution is 2.35. The summed E-state index contributed by atoms with van der Waals surface area (Å²) < 4.78 is 9.62. The maximum atomic E-state index is 11.9. The molecule has 1 aromatic carbocycles. The van der Waals surface area contributed by atoms with Gasteiger partial charge in [0, 0.05) is 0 Å². The molecule has 3 rings (SSSR count). The lowest BCUT2D eigenvalue weighted by atomic mass is 10.1. The summed E-state index contributed by atoms with van der Waals surface area (Å²) in [6, 6.07) is 6.96. The molecule has 7 nitrogen and oxygen atoms in total. The first-order valence-electron chi connectivity index (χ1n) is 7.33. The van der Waals surface area contributed by atoms with Crippen molar-refractivity contribution in [1.82, 2.24) is 9.97 Å². The number of methoxy groups -OCH3 is 2. The largest absolute Gasteiger partial charge is 0.465 e. The third-order valence-corrected chi connectivity index (χ3v) is 4.86. The number of para-hydroxylation sites is 1. The molecular formula is C17H15N3O4S. The molecule has 2 aromatic heterocycles. The van der Waals surface area contributed by atoms with Crippen LogP contribution < -0.4 is 5.32 Å². The Morgan fingerprint density at radius 1 is 1.08 bits per heavy atom. The molecule has 0 amide bonds. The van der Waals surface area contributed by atoms with E-state index in [-0.39, 0.29) is 0 Å². The van der Waals surface area contributed by atoms with Gasteiger partial charge in [-0.15, -0.1) is 11.3 Å². The molecule has 0 saturated carbocycles. The summed E-state index contributed by atoms with van der Waals surface area (Å²) in [4.78, 5) is 33.5. The molecule has 25 heavy (non-hydrogen) atoms. The van der Waals surface area contributed by atoms with Gasteiger partial charge in [0.1, 0.15) is 21.9 Å². The lowest BCUT2D eigenvalue weighted by Gasteiger charge is -2.11. The highest BCUT2D eigenvalue weighted by Gasteiger charge is 2.20. The minimum absolute atomic E-state index is 0.387. The number of nitrogens with zero attached hydrogens (tertiary/aromatic N) is 2. The maximum absolute atomic E-state index is 11.9. The quantitative estimate of drug-likeness (QED) is 0.716. The lowest BCUT2D eigenvalue weighted by Crippen LogP contribution is -2.06. The van der Waals surface area contributed by atoms with Gasteiger partial charge in [-0.05, 0) is 24.6 Å². The molecule has 0 spiro atoms. The van der Waals surface area contributed by atoms with E-state index in [0.29, 0.717) is 32.2 Å². The molecule has 1 N–H and O–H groups in total. The number of ether oxygens (including phenoxy) is 2. The van der Waals surface area contributed by atoms with Crippen LogP contribution in [0.4, 0.5) is 11.5 Å². The van der Waals surface area contributed by atoms with Crippen LogP contribution in [0.25, 0.3) is 10.2 Å². The second-order valence-corrected chi connectivity index (χ2v) is 6.11. The molecule has 0 fully saturated rings. The number of aryl methyl sites for hydroxylation is 1. The summed E-state index contributed by atoms with van der Waals surface area (Å²) in [6.45, 7) is 1.81. The number of thiophene rings is 1. The minimum atomic E-state index is -0.453. The van der Waals surface area contributed by atoms with E-state index in [1.807, 2.05) is 6.92 Å². The van der Waals surface area contributed by atoms with Crippen LogP contribution in [0.2, 0.25) is 0 Å². The second kappa shape index (κ2) is 6.86. The number of fused-ring (bicyclic) bond motifs is 1. The SMILES string of the molecule is COC(=O)c1ccccc1Nc1ncnc2sc(C(=O)OC)c(C)c12. The molecule has 0 atom stereocenters. The third-order valence-electron chi connectivity index (χ3n) is 3.68. The van der Waals surface area contributed by atoms with E-state index in [4.69, 9.17) is 9.47 Å². The number of hydrogen-bond acceptors (Lipinski definition) is 8. The van der Waals surface area contributed by atoms with Crippen LogP contribution in [-0.4, -0.2) is 36.1 Å². The molecule has 128 valence electrons. The number of carbonyl (C=O) groups excluding carboxylic acids is 2. The summed E-state index contributed by atoms with van der Waals surface area (Å²) >= 11 is 1.24. The summed E-state index contributed by atoms with van der Waals surface area (Å²) in [7, 11) is 2.66. The number of rotatable bonds is 4. The van der Waals surface area contributed by atoms with Gasteiger partial charge in [0.25, 0.3) is 0 Å². The van der Waals surface area contributed by atoms with E-state index in [2.05, 4.69) is 15.3 Å². The molecular weight excluding hydrogens is 342 g/mol. The van der Waals surface area contributed by atoms with E-state index >= 15 is 0 Å². The second-order valence-electron chi connectivity index (χ2n) is 5.11. The van der Waals surface area contributed by atoms with E-state index in [1.54, 1.807) is 24.3 Å². The van der Waals surface area contributed by atoms with Gasteiger partial charge in [0.15, 0.2) is 0 Å². The minimum Gasteiger partial charge on any atom is -0.465 e. The normalized spacial score (nSPS) is 10.5. The first-order chi connectivity index (χ1) is 12.1. The number of esters is 2. The van der Waals surface area contributed by atoms with Gasteiger partial charge in [-0.2, -0.15) is 0 Å². The number of nitrogens with one attached hydrogen (secondary N) is 1. The first kappa shape index (κ1) is 16.8. The molecule has 0 saturated heterocycles. The predicted molar refractivity (Wildman–Crippen MR) is 94.6 cm³/mol. The van der Waals surface area contributed by atoms with Crippen molar-refractivity contribution in [3.63, 3.8) is 0 Å². The van der Waals surface area contributed by atoms with Crippen molar-refractivity contribution in [2.24, 2.45) is 0 Å². The molecule has 0 bridgehead atoms. The predicted octanol–water partition coefficient (Wildman–Crippen LogP) is 3.32. The van der Waals surface area contributed by atoms with Gasteiger partial charge in [0.05, 0.1) is 30.9 Å².